The first-order valence-electron chi connectivity index (χ1n) is 15.2. The van der Waals surface area contributed by atoms with Crippen molar-refractivity contribution in [1.29, 1.82) is 0 Å². The van der Waals surface area contributed by atoms with Gasteiger partial charge >= 0.3 is 0 Å². The first-order valence-corrected chi connectivity index (χ1v) is 15.2. The van der Waals surface area contributed by atoms with Crippen LogP contribution in [0.4, 0.5) is 17.1 Å². The van der Waals surface area contributed by atoms with Crippen LogP contribution in [0.2, 0.25) is 0 Å². The molecule has 0 aliphatic rings. The lowest BCUT2D eigenvalue weighted by Crippen LogP contribution is -2.11. The highest BCUT2D eigenvalue weighted by Gasteiger charge is 2.23. The Hall–Kier alpha value is -6.06. The molecule has 0 radical (unpaired) electrons. The van der Waals surface area contributed by atoms with Crippen molar-refractivity contribution in [3.8, 4) is 22.3 Å². The summed E-state index contributed by atoms with van der Waals surface area (Å²) in [5, 5.41) is 4.40. The van der Waals surface area contributed by atoms with Gasteiger partial charge in [-0.3, -0.25) is 0 Å². The zero-order valence-electron chi connectivity index (χ0n) is 24.4. The van der Waals surface area contributed by atoms with Gasteiger partial charge in [-0.2, -0.15) is 0 Å². The molecule has 0 saturated carbocycles. The molecular weight excluding hydrogens is 550 g/mol. The third-order valence-corrected chi connectivity index (χ3v) is 8.67. The predicted octanol–water partition coefficient (Wildman–Crippen LogP) is 12.3. The minimum Gasteiger partial charge on any atom is -0.456 e. The maximum absolute atomic E-state index is 6.38. The highest BCUT2D eigenvalue weighted by Crippen LogP contribution is 2.48. The molecule has 9 rings (SSSR count). The average Bonchev–Trinajstić information content (AvgIpc) is 3.68. The maximum atomic E-state index is 6.38. The van der Waals surface area contributed by atoms with Crippen LogP contribution in [0.5, 0.6) is 0 Å². The average molecular weight is 578 g/mol. The van der Waals surface area contributed by atoms with Crippen LogP contribution in [0, 0.1) is 0 Å². The van der Waals surface area contributed by atoms with Gasteiger partial charge in [0.2, 0.25) is 0 Å². The Balaban J connectivity index is 1.36. The minimum atomic E-state index is 0.860. The van der Waals surface area contributed by atoms with E-state index in [-0.39, 0.29) is 0 Å². The topological polar surface area (TPSA) is 29.5 Å². The van der Waals surface area contributed by atoms with Crippen LogP contribution in [0.1, 0.15) is 0 Å². The van der Waals surface area contributed by atoms with E-state index in [4.69, 9.17) is 8.83 Å². The summed E-state index contributed by atoms with van der Waals surface area (Å²) in [6, 6.07) is 57.3. The lowest BCUT2D eigenvalue weighted by molar-refractivity contribution is 0.668. The Morgan fingerprint density at radius 1 is 0.356 bits per heavy atom. The predicted molar refractivity (Wildman–Crippen MR) is 187 cm³/mol. The van der Waals surface area contributed by atoms with E-state index < -0.39 is 0 Å². The number of para-hydroxylation sites is 3. The fourth-order valence-electron chi connectivity index (χ4n) is 6.70. The Bertz CT molecular complexity index is 2500. The number of hydrogen-bond acceptors (Lipinski definition) is 3. The van der Waals surface area contributed by atoms with E-state index in [0.717, 1.165) is 77.6 Å². The molecular formula is C42H27NO2. The Morgan fingerprint density at radius 2 is 0.889 bits per heavy atom. The second kappa shape index (κ2) is 10.3. The van der Waals surface area contributed by atoms with Crippen LogP contribution in [-0.2, 0) is 0 Å². The van der Waals surface area contributed by atoms with Crippen molar-refractivity contribution in [3.63, 3.8) is 0 Å². The highest BCUT2D eigenvalue weighted by atomic mass is 16.3. The van der Waals surface area contributed by atoms with E-state index in [9.17, 15) is 0 Å². The zero-order chi connectivity index (χ0) is 29.7. The van der Waals surface area contributed by atoms with E-state index in [0.29, 0.717) is 0 Å². The van der Waals surface area contributed by atoms with Crippen LogP contribution in [0.3, 0.4) is 0 Å². The zero-order valence-corrected chi connectivity index (χ0v) is 24.4. The van der Waals surface area contributed by atoms with Crippen molar-refractivity contribution in [2.75, 3.05) is 4.90 Å². The molecule has 2 aromatic heterocycles. The van der Waals surface area contributed by atoms with E-state index in [1.807, 2.05) is 24.3 Å². The SMILES string of the molecule is c1ccc(-c2cccc(N(c3ccccc3-c3cccc4oc5ccccc5c34)c3cccc4oc5ccccc5c34)c2)cc1. The monoisotopic (exact) mass is 577 g/mol. The quantitative estimate of drug-likeness (QED) is 0.204. The number of rotatable bonds is 5. The standard InChI is InChI=1S/C42H27NO2/c1-2-13-28(14-3-1)29-15-10-16-30(27-29)43(36-22-12-26-40-42(36)34-19-6-9-24-38(34)45-40)35-21-7-4-17-31(35)32-20-11-25-39-41(32)33-18-5-8-23-37(33)44-39/h1-27H. The molecule has 0 aliphatic carbocycles. The summed E-state index contributed by atoms with van der Waals surface area (Å²) in [4.78, 5) is 2.38. The molecule has 212 valence electrons. The van der Waals surface area contributed by atoms with Gasteiger partial charge in [0.15, 0.2) is 0 Å². The smallest absolute Gasteiger partial charge is 0.137 e. The van der Waals surface area contributed by atoms with Crippen molar-refractivity contribution < 1.29 is 8.83 Å². The second-order valence-corrected chi connectivity index (χ2v) is 11.3. The van der Waals surface area contributed by atoms with E-state index in [2.05, 4.69) is 144 Å². The van der Waals surface area contributed by atoms with Gasteiger partial charge in [-0.15, -0.1) is 0 Å². The summed E-state index contributed by atoms with van der Waals surface area (Å²) in [6.45, 7) is 0. The highest BCUT2D eigenvalue weighted by molar-refractivity contribution is 6.16. The minimum absolute atomic E-state index is 0.860. The molecule has 2 heterocycles. The molecule has 0 saturated heterocycles. The fraction of sp³-hybridized carbons (Fsp3) is 0. The van der Waals surface area contributed by atoms with Gasteiger partial charge in [0.1, 0.15) is 22.3 Å². The number of fused-ring (bicyclic) bond motifs is 6. The van der Waals surface area contributed by atoms with Gasteiger partial charge in [-0.1, -0.05) is 115 Å². The van der Waals surface area contributed by atoms with Crippen molar-refractivity contribution in [2.45, 2.75) is 0 Å². The molecule has 3 nitrogen and oxygen atoms in total. The molecule has 0 aliphatic heterocycles. The summed E-state index contributed by atoms with van der Waals surface area (Å²) in [7, 11) is 0. The number of benzene rings is 7. The van der Waals surface area contributed by atoms with Crippen molar-refractivity contribution >= 4 is 60.9 Å². The number of hydrogen-bond donors (Lipinski definition) is 0. The molecule has 9 aromatic rings. The van der Waals surface area contributed by atoms with Gasteiger partial charge in [0.25, 0.3) is 0 Å². The second-order valence-electron chi connectivity index (χ2n) is 11.3. The first kappa shape index (κ1) is 25.4. The number of anilines is 3. The molecule has 0 fully saturated rings. The van der Waals surface area contributed by atoms with Crippen LogP contribution >= 0.6 is 0 Å². The summed E-state index contributed by atoms with van der Waals surface area (Å²) in [5.74, 6) is 0. The van der Waals surface area contributed by atoms with Crippen LogP contribution in [0.25, 0.3) is 66.1 Å². The Morgan fingerprint density at radius 3 is 1.69 bits per heavy atom. The molecule has 3 heteroatoms. The van der Waals surface area contributed by atoms with Crippen LogP contribution in [-0.4, -0.2) is 0 Å². The summed E-state index contributed by atoms with van der Waals surface area (Å²) >= 11 is 0. The Kier molecular flexibility index (Phi) is 5.82. The van der Waals surface area contributed by atoms with Gasteiger partial charge in [-0.05, 0) is 65.2 Å². The summed E-state index contributed by atoms with van der Waals surface area (Å²) < 4.78 is 12.7. The lowest BCUT2D eigenvalue weighted by atomic mass is 9.96. The van der Waals surface area contributed by atoms with Crippen molar-refractivity contribution in [2.24, 2.45) is 0 Å². The van der Waals surface area contributed by atoms with E-state index in [1.54, 1.807) is 0 Å². The molecule has 0 unspecified atom stereocenters. The van der Waals surface area contributed by atoms with Gasteiger partial charge in [-0.25, -0.2) is 0 Å². The number of nitrogens with zero attached hydrogens (tertiary/aromatic N) is 1. The molecule has 0 bridgehead atoms. The number of furan rings is 2. The van der Waals surface area contributed by atoms with Crippen LogP contribution < -0.4 is 4.90 Å². The molecule has 0 amide bonds. The molecule has 7 aromatic carbocycles. The fourth-order valence-corrected chi connectivity index (χ4v) is 6.70. The van der Waals surface area contributed by atoms with Gasteiger partial charge in [0, 0.05) is 27.4 Å². The van der Waals surface area contributed by atoms with E-state index in [1.165, 1.54) is 5.56 Å². The maximum Gasteiger partial charge on any atom is 0.137 e. The molecule has 45 heavy (non-hydrogen) atoms. The van der Waals surface area contributed by atoms with Gasteiger partial charge in [0.05, 0.1) is 16.8 Å². The lowest BCUT2D eigenvalue weighted by Gasteiger charge is -2.29. The Labute approximate surface area is 260 Å². The van der Waals surface area contributed by atoms with Gasteiger partial charge < -0.3 is 13.7 Å². The van der Waals surface area contributed by atoms with E-state index >= 15 is 0 Å². The first-order chi connectivity index (χ1) is 22.3. The summed E-state index contributed by atoms with van der Waals surface area (Å²) in [6.07, 6.45) is 0. The summed E-state index contributed by atoms with van der Waals surface area (Å²) in [5.41, 5.74) is 11.3. The largest absolute Gasteiger partial charge is 0.456 e. The molecule has 0 atom stereocenters. The van der Waals surface area contributed by atoms with Crippen molar-refractivity contribution in [1.82, 2.24) is 0 Å². The molecule has 0 N–H and O–H groups in total. The third kappa shape index (κ3) is 4.13. The normalized spacial score (nSPS) is 11.6. The molecule has 0 spiro atoms. The third-order valence-electron chi connectivity index (χ3n) is 8.67. The van der Waals surface area contributed by atoms with Crippen molar-refractivity contribution in [3.05, 3.63) is 164 Å². The van der Waals surface area contributed by atoms with Crippen LogP contribution in [0.15, 0.2) is 173 Å².